The lowest BCUT2D eigenvalue weighted by atomic mass is 10.1. The number of nitrogens with zero attached hydrogens (tertiary/aromatic N) is 1. The van der Waals surface area contributed by atoms with Gasteiger partial charge < -0.3 is 42.0 Å². The molecule has 4 unspecified atom stereocenters. The second kappa shape index (κ2) is 14.6. The summed E-state index contributed by atoms with van der Waals surface area (Å²) in [5.41, 5.74) is 6.35. The minimum absolute atomic E-state index is 0.0191. The molecule has 1 aromatic heterocycles. The molecule has 9 N–H and O–H groups in total. The molecular weight excluding hydrogens is 488 g/mol. The number of aromatic amines is 1. The Balaban J connectivity index is 2.94. The third-order valence-corrected chi connectivity index (χ3v) is 5.22. The molecular formula is C19H28N6O9S. The number of rotatable bonds is 16. The van der Waals surface area contributed by atoms with Crippen molar-refractivity contribution in [1.82, 2.24) is 25.9 Å². The summed E-state index contributed by atoms with van der Waals surface area (Å²) in [6.45, 7) is 0. The minimum Gasteiger partial charge on any atom is -0.481 e. The van der Waals surface area contributed by atoms with Gasteiger partial charge in [0.15, 0.2) is 0 Å². The van der Waals surface area contributed by atoms with E-state index in [-0.39, 0.29) is 12.8 Å². The van der Waals surface area contributed by atoms with Crippen LogP contribution in [0.1, 0.15) is 25.0 Å². The highest BCUT2D eigenvalue weighted by Gasteiger charge is 2.32. The molecule has 16 heteroatoms. The number of nitrogens with two attached hydrogens (primary N) is 1. The molecule has 0 saturated heterocycles. The van der Waals surface area contributed by atoms with Crippen LogP contribution in [0.5, 0.6) is 0 Å². The second-order valence-corrected chi connectivity index (χ2v) is 8.37. The normalized spacial score (nSPS) is 14.1. The van der Waals surface area contributed by atoms with Gasteiger partial charge >= 0.3 is 17.9 Å². The molecule has 0 aliphatic rings. The topological polar surface area (TPSA) is 254 Å². The number of carboxylic acids is 3. The van der Waals surface area contributed by atoms with Crippen LogP contribution in [-0.2, 0) is 35.2 Å². The molecule has 1 aromatic rings. The number of hydrogen-bond donors (Lipinski definition) is 8. The van der Waals surface area contributed by atoms with Crippen LogP contribution in [0.3, 0.4) is 0 Å². The molecule has 0 radical (unpaired) electrons. The first kappa shape index (κ1) is 29.4. The highest BCUT2D eigenvalue weighted by atomic mass is 32.2. The number of H-pyrrole nitrogens is 1. The zero-order valence-electron chi connectivity index (χ0n) is 18.7. The minimum atomic E-state index is -1.75. The molecule has 0 aromatic carbocycles. The number of aliphatic carboxylic acids is 3. The maximum atomic E-state index is 12.8. The maximum absolute atomic E-state index is 12.8. The molecule has 0 spiro atoms. The predicted molar refractivity (Wildman–Crippen MR) is 121 cm³/mol. The Morgan fingerprint density at radius 1 is 0.943 bits per heavy atom. The van der Waals surface area contributed by atoms with E-state index in [0.29, 0.717) is 11.4 Å². The number of imidazole rings is 1. The number of aromatic nitrogens is 2. The lowest BCUT2D eigenvalue weighted by Gasteiger charge is -2.24. The summed E-state index contributed by atoms with van der Waals surface area (Å²) in [6, 6.07) is -5.80. The van der Waals surface area contributed by atoms with Gasteiger partial charge in [0.2, 0.25) is 17.7 Å². The Kier molecular flexibility index (Phi) is 12.2. The fourth-order valence-electron chi connectivity index (χ4n) is 2.81. The standard InChI is InChI=1S/C19H28N6O9S/c1-35-3-2-11(17(31)25-13(19(33)34)6-15(28)29)23-18(32)12(5-14(26)27)24-16(30)10(20)4-9-7-21-8-22-9/h7-8,10-13H,2-6,20H2,1H3,(H,21,22)(H,23,32)(H,24,30)(H,25,31)(H,26,27)(H,28,29)(H,33,34). The third-order valence-electron chi connectivity index (χ3n) is 4.58. The van der Waals surface area contributed by atoms with Crippen molar-refractivity contribution in [2.24, 2.45) is 5.73 Å². The first-order chi connectivity index (χ1) is 16.4. The molecule has 194 valence electrons. The Morgan fingerprint density at radius 2 is 1.49 bits per heavy atom. The average molecular weight is 517 g/mol. The average Bonchev–Trinajstić information content (AvgIpc) is 3.27. The van der Waals surface area contributed by atoms with E-state index in [2.05, 4.69) is 20.6 Å². The van der Waals surface area contributed by atoms with Crippen LogP contribution in [0.2, 0.25) is 0 Å². The summed E-state index contributed by atoms with van der Waals surface area (Å²) < 4.78 is 0. The lowest BCUT2D eigenvalue weighted by Crippen LogP contribution is -2.57. The molecule has 0 aliphatic heterocycles. The number of nitrogens with one attached hydrogen (secondary N) is 4. The zero-order valence-corrected chi connectivity index (χ0v) is 19.5. The van der Waals surface area contributed by atoms with Crippen LogP contribution in [-0.4, -0.2) is 97.1 Å². The van der Waals surface area contributed by atoms with Crippen molar-refractivity contribution in [2.45, 2.75) is 49.9 Å². The van der Waals surface area contributed by atoms with Crippen molar-refractivity contribution in [3.8, 4) is 0 Å². The van der Waals surface area contributed by atoms with E-state index in [1.54, 1.807) is 6.26 Å². The number of hydrogen-bond acceptors (Lipinski definition) is 9. The van der Waals surface area contributed by atoms with Gasteiger partial charge in [0.1, 0.15) is 18.1 Å². The fraction of sp³-hybridized carbons (Fsp3) is 0.526. The number of amides is 3. The van der Waals surface area contributed by atoms with Gasteiger partial charge in [-0.05, 0) is 18.4 Å². The maximum Gasteiger partial charge on any atom is 0.326 e. The van der Waals surface area contributed by atoms with Gasteiger partial charge in [0, 0.05) is 18.3 Å². The van der Waals surface area contributed by atoms with Gasteiger partial charge in [-0.2, -0.15) is 11.8 Å². The predicted octanol–water partition coefficient (Wildman–Crippen LogP) is -2.48. The van der Waals surface area contributed by atoms with Crippen molar-refractivity contribution in [2.75, 3.05) is 12.0 Å². The lowest BCUT2D eigenvalue weighted by molar-refractivity contribution is -0.147. The van der Waals surface area contributed by atoms with Crippen LogP contribution in [0.25, 0.3) is 0 Å². The first-order valence-electron chi connectivity index (χ1n) is 10.2. The van der Waals surface area contributed by atoms with E-state index in [4.69, 9.17) is 21.1 Å². The van der Waals surface area contributed by atoms with Gasteiger partial charge in [0.25, 0.3) is 0 Å². The van der Waals surface area contributed by atoms with Crippen molar-refractivity contribution < 1.29 is 44.1 Å². The quantitative estimate of drug-likeness (QED) is 0.114. The van der Waals surface area contributed by atoms with Crippen LogP contribution in [0, 0.1) is 0 Å². The monoisotopic (exact) mass is 516 g/mol. The zero-order chi connectivity index (χ0) is 26.5. The molecule has 0 bridgehead atoms. The Morgan fingerprint density at radius 3 is 2.00 bits per heavy atom. The number of thioether (sulfide) groups is 1. The molecule has 35 heavy (non-hydrogen) atoms. The van der Waals surface area contributed by atoms with E-state index in [1.807, 2.05) is 5.32 Å². The Hall–Kier alpha value is -3.66. The SMILES string of the molecule is CSCCC(NC(=O)C(CC(=O)O)NC(=O)C(N)Cc1cnc[nH]1)C(=O)NC(CC(=O)O)C(=O)O. The van der Waals surface area contributed by atoms with Gasteiger partial charge in [-0.1, -0.05) is 0 Å². The molecule has 0 saturated carbocycles. The summed E-state index contributed by atoms with van der Waals surface area (Å²) in [5, 5.41) is 33.7. The van der Waals surface area contributed by atoms with E-state index in [0.717, 1.165) is 0 Å². The van der Waals surface area contributed by atoms with Crippen molar-refractivity contribution in [3.63, 3.8) is 0 Å². The number of carboxylic acid groups (broad SMARTS) is 3. The Bertz CT molecular complexity index is 911. The van der Waals surface area contributed by atoms with Gasteiger partial charge in [0.05, 0.1) is 25.2 Å². The summed E-state index contributed by atoms with van der Waals surface area (Å²) in [5.74, 6) is -6.92. The second-order valence-electron chi connectivity index (χ2n) is 7.39. The number of carbonyl (C=O) groups excluding carboxylic acids is 3. The van der Waals surface area contributed by atoms with E-state index >= 15 is 0 Å². The first-order valence-corrected chi connectivity index (χ1v) is 11.6. The highest BCUT2D eigenvalue weighted by molar-refractivity contribution is 7.98. The molecule has 0 fully saturated rings. The van der Waals surface area contributed by atoms with Crippen LogP contribution in [0.4, 0.5) is 0 Å². The van der Waals surface area contributed by atoms with Gasteiger partial charge in [-0.3, -0.25) is 24.0 Å². The molecule has 3 amide bonds. The van der Waals surface area contributed by atoms with Crippen LogP contribution in [0.15, 0.2) is 12.5 Å². The van der Waals surface area contributed by atoms with E-state index in [9.17, 15) is 28.8 Å². The summed E-state index contributed by atoms with van der Waals surface area (Å²) in [6.07, 6.45) is 2.88. The van der Waals surface area contributed by atoms with Gasteiger partial charge in [-0.15, -0.1) is 0 Å². The van der Waals surface area contributed by atoms with Crippen molar-refractivity contribution >= 4 is 47.4 Å². The molecule has 4 atom stereocenters. The van der Waals surface area contributed by atoms with Crippen molar-refractivity contribution in [1.29, 1.82) is 0 Å². The van der Waals surface area contributed by atoms with E-state index < -0.39 is 72.6 Å². The molecule has 15 nitrogen and oxygen atoms in total. The summed E-state index contributed by atoms with van der Waals surface area (Å²) in [7, 11) is 0. The van der Waals surface area contributed by atoms with E-state index in [1.165, 1.54) is 24.3 Å². The third kappa shape index (κ3) is 10.9. The fourth-order valence-corrected chi connectivity index (χ4v) is 3.28. The highest BCUT2D eigenvalue weighted by Crippen LogP contribution is 2.05. The number of carbonyl (C=O) groups is 6. The molecule has 0 aliphatic carbocycles. The summed E-state index contributed by atoms with van der Waals surface area (Å²) in [4.78, 5) is 77.8. The summed E-state index contributed by atoms with van der Waals surface area (Å²) >= 11 is 1.32. The molecule has 1 rings (SSSR count). The van der Waals surface area contributed by atoms with Crippen LogP contribution >= 0.6 is 11.8 Å². The molecule has 1 heterocycles. The Labute approximate surface area is 203 Å². The largest absolute Gasteiger partial charge is 0.481 e. The van der Waals surface area contributed by atoms with Gasteiger partial charge in [-0.25, -0.2) is 9.78 Å². The van der Waals surface area contributed by atoms with Crippen LogP contribution < -0.4 is 21.7 Å². The van der Waals surface area contributed by atoms with Crippen molar-refractivity contribution in [3.05, 3.63) is 18.2 Å². The smallest absolute Gasteiger partial charge is 0.326 e.